The molecule has 0 saturated heterocycles. The van der Waals surface area contributed by atoms with E-state index in [1.54, 1.807) is 25.4 Å². The smallest absolute Gasteiger partial charge is 0.229 e. The number of ether oxygens (including phenoxy) is 1. The fraction of sp³-hybridized carbons (Fsp3) is 0.316. The number of rotatable bonds is 7. The van der Waals surface area contributed by atoms with E-state index < -0.39 is 5.82 Å². The first-order valence-corrected chi connectivity index (χ1v) is 8.81. The van der Waals surface area contributed by atoms with Gasteiger partial charge in [-0.05, 0) is 18.1 Å². The number of hydrogen-bond donors (Lipinski definition) is 3. The first-order valence-electron chi connectivity index (χ1n) is 8.81. The van der Waals surface area contributed by atoms with E-state index >= 15 is 4.39 Å². The normalized spacial score (nSPS) is 11.0. The summed E-state index contributed by atoms with van der Waals surface area (Å²) in [5.74, 6) is 0.838. The molecule has 148 valence electrons. The van der Waals surface area contributed by atoms with Crippen molar-refractivity contribution in [1.82, 2.24) is 19.7 Å². The van der Waals surface area contributed by atoms with E-state index in [0.29, 0.717) is 17.1 Å². The molecule has 8 nitrogen and oxygen atoms in total. The minimum atomic E-state index is -0.573. The Balaban J connectivity index is 2.04. The maximum Gasteiger partial charge on any atom is 0.229 e. The Labute approximate surface area is 162 Å². The Kier molecular flexibility index (Phi) is 5.74. The lowest BCUT2D eigenvalue weighted by Gasteiger charge is -2.15. The Morgan fingerprint density at radius 1 is 1.29 bits per heavy atom. The molecule has 28 heavy (non-hydrogen) atoms. The number of hydrogen-bond acceptors (Lipinski definition) is 7. The van der Waals surface area contributed by atoms with Gasteiger partial charge in [-0.2, -0.15) is 10.1 Å². The molecule has 0 aliphatic heterocycles. The summed E-state index contributed by atoms with van der Waals surface area (Å²) in [6, 6.07) is 5.04. The van der Waals surface area contributed by atoms with E-state index in [1.807, 2.05) is 19.9 Å². The van der Waals surface area contributed by atoms with E-state index in [4.69, 9.17) is 4.74 Å². The van der Waals surface area contributed by atoms with Crippen molar-refractivity contribution in [3.8, 4) is 11.4 Å². The second kappa shape index (κ2) is 8.22. The predicted molar refractivity (Wildman–Crippen MR) is 105 cm³/mol. The molecule has 3 N–H and O–H groups in total. The zero-order valence-electron chi connectivity index (χ0n) is 16.2. The first kappa shape index (κ1) is 19.6. The van der Waals surface area contributed by atoms with Gasteiger partial charge in [0.25, 0.3) is 0 Å². The van der Waals surface area contributed by atoms with E-state index in [2.05, 4.69) is 25.7 Å². The largest absolute Gasteiger partial charge is 0.494 e. The van der Waals surface area contributed by atoms with E-state index in [9.17, 15) is 5.11 Å². The van der Waals surface area contributed by atoms with Crippen LogP contribution in [0.3, 0.4) is 0 Å². The van der Waals surface area contributed by atoms with Crippen LogP contribution in [0.2, 0.25) is 0 Å². The van der Waals surface area contributed by atoms with Crippen molar-refractivity contribution in [1.29, 1.82) is 0 Å². The molecule has 1 aromatic carbocycles. The summed E-state index contributed by atoms with van der Waals surface area (Å²) < 4.78 is 21.9. The van der Waals surface area contributed by atoms with Crippen molar-refractivity contribution in [2.24, 2.45) is 0 Å². The Bertz CT molecular complexity index is 973. The molecule has 0 unspecified atom stereocenters. The summed E-state index contributed by atoms with van der Waals surface area (Å²) in [6.07, 6.45) is 3.01. The van der Waals surface area contributed by atoms with Crippen LogP contribution in [0.25, 0.3) is 5.69 Å². The van der Waals surface area contributed by atoms with Crippen LogP contribution in [0, 0.1) is 5.82 Å². The van der Waals surface area contributed by atoms with E-state index in [0.717, 1.165) is 5.69 Å². The molecule has 0 aliphatic rings. The SMILES string of the molecule is CNc1cc(C(C)C)nc(Nc2ccc(OC)c(-n3cc(CO)cn3)c2F)n1. The van der Waals surface area contributed by atoms with Gasteiger partial charge in [0.05, 0.1) is 31.3 Å². The van der Waals surface area contributed by atoms with Gasteiger partial charge in [0.2, 0.25) is 5.95 Å². The minimum absolute atomic E-state index is 0.126. The van der Waals surface area contributed by atoms with Gasteiger partial charge in [-0.3, -0.25) is 0 Å². The third-order valence-corrected chi connectivity index (χ3v) is 4.19. The van der Waals surface area contributed by atoms with E-state index in [-0.39, 0.29) is 29.8 Å². The summed E-state index contributed by atoms with van der Waals surface area (Å²) in [6.45, 7) is 3.85. The molecule has 3 rings (SSSR count). The fourth-order valence-electron chi connectivity index (χ4n) is 2.65. The van der Waals surface area contributed by atoms with E-state index in [1.165, 1.54) is 18.0 Å². The molecule has 0 fully saturated rings. The molecule has 2 heterocycles. The van der Waals surface area contributed by atoms with Crippen LogP contribution in [0.15, 0.2) is 30.6 Å². The van der Waals surface area contributed by atoms with Crippen LogP contribution in [0.5, 0.6) is 5.75 Å². The molecule has 0 radical (unpaired) electrons. The monoisotopic (exact) mass is 386 g/mol. The summed E-state index contributed by atoms with van der Waals surface area (Å²) >= 11 is 0. The lowest BCUT2D eigenvalue weighted by molar-refractivity contribution is 0.282. The van der Waals surface area contributed by atoms with Gasteiger partial charge in [-0.1, -0.05) is 13.8 Å². The number of anilines is 3. The molecule has 0 aliphatic carbocycles. The van der Waals surface area contributed by atoms with Crippen molar-refractivity contribution in [3.63, 3.8) is 0 Å². The molecular weight excluding hydrogens is 363 g/mol. The predicted octanol–water partition coefficient (Wildman–Crippen LogP) is 3.21. The van der Waals surface area contributed by atoms with Crippen molar-refractivity contribution < 1.29 is 14.2 Å². The van der Waals surface area contributed by atoms with Crippen LogP contribution >= 0.6 is 0 Å². The lowest BCUT2D eigenvalue weighted by Crippen LogP contribution is -2.08. The van der Waals surface area contributed by atoms with Gasteiger partial charge in [-0.15, -0.1) is 0 Å². The number of aliphatic hydroxyl groups is 1. The Morgan fingerprint density at radius 2 is 2.07 bits per heavy atom. The number of halogens is 1. The first-order chi connectivity index (χ1) is 13.5. The topological polar surface area (TPSA) is 97.1 Å². The molecular formula is C19H23FN6O2. The molecule has 3 aromatic rings. The molecule has 0 atom stereocenters. The van der Waals surface area contributed by atoms with Gasteiger partial charge >= 0.3 is 0 Å². The Hall–Kier alpha value is -3.20. The van der Waals surface area contributed by atoms with Crippen LogP contribution in [0.4, 0.5) is 21.8 Å². The molecule has 0 saturated carbocycles. The zero-order valence-corrected chi connectivity index (χ0v) is 16.2. The number of benzene rings is 1. The minimum Gasteiger partial charge on any atom is -0.494 e. The maximum absolute atomic E-state index is 15.3. The third kappa shape index (κ3) is 3.89. The number of nitrogens with zero attached hydrogens (tertiary/aromatic N) is 4. The summed E-state index contributed by atoms with van der Waals surface area (Å²) in [5.41, 5.74) is 1.70. The third-order valence-electron chi connectivity index (χ3n) is 4.19. The second-order valence-corrected chi connectivity index (χ2v) is 6.46. The van der Waals surface area contributed by atoms with Gasteiger partial charge in [0.1, 0.15) is 17.3 Å². The summed E-state index contributed by atoms with van der Waals surface area (Å²) in [5, 5.41) is 19.3. The fourth-order valence-corrected chi connectivity index (χ4v) is 2.65. The summed E-state index contributed by atoms with van der Waals surface area (Å²) in [7, 11) is 3.22. The highest BCUT2D eigenvalue weighted by Gasteiger charge is 2.18. The number of aromatic nitrogens is 4. The quantitative estimate of drug-likeness (QED) is 0.574. The van der Waals surface area contributed by atoms with Crippen molar-refractivity contribution in [2.75, 3.05) is 24.8 Å². The molecule has 0 amide bonds. The molecule has 2 aromatic heterocycles. The van der Waals surface area contributed by atoms with Gasteiger partial charge in [-0.25, -0.2) is 14.1 Å². The van der Waals surface area contributed by atoms with Crippen molar-refractivity contribution in [3.05, 3.63) is 47.7 Å². The lowest BCUT2D eigenvalue weighted by atomic mass is 10.1. The van der Waals surface area contributed by atoms with Gasteiger partial charge in [0.15, 0.2) is 5.82 Å². The van der Waals surface area contributed by atoms with Gasteiger partial charge < -0.3 is 20.5 Å². The number of aliphatic hydroxyl groups excluding tert-OH is 1. The van der Waals surface area contributed by atoms with Gasteiger partial charge in [0, 0.05) is 24.9 Å². The maximum atomic E-state index is 15.3. The van der Waals surface area contributed by atoms with Crippen molar-refractivity contribution in [2.45, 2.75) is 26.4 Å². The van der Waals surface area contributed by atoms with Crippen LogP contribution < -0.4 is 15.4 Å². The highest BCUT2D eigenvalue weighted by atomic mass is 19.1. The molecule has 0 spiro atoms. The molecule has 0 bridgehead atoms. The Morgan fingerprint density at radius 3 is 2.68 bits per heavy atom. The summed E-state index contributed by atoms with van der Waals surface area (Å²) in [4.78, 5) is 8.81. The average Bonchev–Trinajstić information content (AvgIpc) is 3.17. The molecule has 9 heteroatoms. The number of nitrogens with one attached hydrogen (secondary N) is 2. The van der Waals surface area contributed by atoms with Crippen LogP contribution in [0.1, 0.15) is 31.0 Å². The number of methoxy groups -OCH3 is 1. The average molecular weight is 386 g/mol. The zero-order chi connectivity index (χ0) is 20.3. The van der Waals surface area contributed by atoms with Crippen molar-refractivity contribution >= 4 is 17.5 Å². The highest BCUT2D eigenvalue weighted by Crippen LogP contribution is 2.32. The highest BCUT2D eigenvalue weighted by molar-refractivity contribution is 5.64. The van der Waals surface area contributed by atoms with Crippen LogP contribution in [-0.2, 0) is 6.61 Å². The standard InChI is InChI=1S/C19H23FN6O2/c1-11(2)14-7-16(21-3)25-19(24-14)23-13-5-6-15(28-4)18(17(13)20)26-9-12(10-27)8-22-26/h5-9,11,27H,10H2,1-4H3,(H2,21,23,24,25). The van der Waals surface area contributed by atoms with Crippen LogP contribution in [-0.4, -0.2) is 39.0 Å². The second-order valence-electron chi connectivity index (χ2n) is 6.46.